The van der Waals surface area contributed by atoms with Crippen LogP contribution in [0.4, 0.5) is 16.5 Å². The van der Waals surface area contributed by atoms with Crippen LogP contribution in [0, 0.1) is 17.0 Å². The summed E-state index contributed by atoms with van der Waals surface area (Å²) in [5.41, 5.74) is 2.61. The molecule has 0 unspecified atom stereocenters. The lowest BCUT2D eigenvalue weighted by molar-refractivity contribution is -0.384. The lowest BCUT2D eigenvalue weighted by Gasteiger charge is -2.17. The van der Waals surface area contributed by atoms with Crippen LogP contribution in [0.3, 0.4) is 0 Å². The van der Waals surface area contributed by atoms with Gasteiger partial charge in [-0.3, -0.25) is 20.2 Å². The van der Waals surface area contributed by atoms with Crippen LogP contribution in [-0.4, -0.2) is 34.0 Å². The highest BCUT2D eigenvalue weighted by atomic mass is 32.1. The number of nitro benzene ring substituents is 1. The predicted molar refractivity (Wildman–Crippen MR) is 123 cm³/mol. The number of thiocarbonyl (C=S) groups is 1. The van der Waals surface area contributed by atoms with E-state index in [0.717, 1.165) is 41.7 Å². The Morgan fingerprint density at radius 3 is 2.73 bits per heavy atom. The molecule has 1 aliphatic heterocycles. The maximum Gasteiger partial charge on any atom is 0.293 e. The van der Waals surface area contributed by atoms with Crippen molar-refractivity contribution in [2.75, 3.05) is 23.3 Å². The number of nitrogens with zero attached hydrogens (tertiary/aromatic N) is 3. The summed E-state index contributed by atoms with van der Waals surface area (Å²) in [5, 5.41) is 17.7. The van der Waals surface area contributed by atoms with Crippen molar-refractivity contribution in [3.05, 3.63) is 57.6 Å². The highest BCUT2D eigenvalue weighted by Gasteiger charge is 2.24. The van der Waals surface area contributed by atoms with Gasteiger partial charge >= 0.3 is 0 Å². The van der Waals surface area contributed by atoms with Gasteiger partial charge in [-0.25, -0.2) is 4.98 Å². The number of anilines is 2. The number of aromatic nitrogens is 1. The zero-order chi connectivity index (χ0) is 21.3. The number of benzene rings is 2. The van der Waals surface area contributed by atoms with Crippen LogP contribution >= 0.6 is 23.6 Å². The minimum absolute atomic E-state index is 0.0787. The number of fused-ring (bicyclic) bond motifs is 1. The van der Waals surface area contributed by atoms with E-state index in [2.05, 4.69) is 15.6 Å². The van der Waals surface area contributed by atoms with Gasteiger partial charge in [-0.2, -0.15) is 0 Å². The molecule has 4 rings (SSSR count). The van der Waals surface area contributed by atoms with Gasteiger partial charge in [0.2, 0.25) is 0 Å². The number of carbonyl (C=O) groups excluding carboxylic acids is 1. The lowest BCUT2D eigenvalue weighted by atomic mass is 10.1. The van der Waals surface area contributed by atoms with Gasteiger partial charge in [0, 0.05) is 24.7 Å². The van der Waals surface area contributed by atoms with E-state index in [1.807, 2.05) is 30.0 Å². The molecule has 0 atom stereocenters. The Bertz CT molecular complexity index is 1150. The smallest absolute Gasteiger partial charge is 0.293 e. The summed E-state index contributed by atoms with van der Waals surface area (Å²) >= 11 is 6.65. The molecule has 0 saturated carbocycles. The molecular weight excluding hydrogens is 422 g/mol. The Morgan fingerprint density at radius 2 is 2.00 bits per heavy atom. The van der Waals surface area contributed by atoms with E-state index in [1.54, 1.807) is 12.1 Å². The fourth-order valence-electron chi connectivity index (χ4n) is 3.43. The van der Waals surface area contributed by atoms with Crippen molar-refractivity contribution in [2.24, 2.45) is 0 Å². The van der Waals surface area contributed by atoms with E-state index >= 15 is 0 Å². The highest BCUT2D eigenvalue weighted by Crippen LogP contribution is 2.31. The molecule has 0 radical (unpaired) electrons. The average molecular weight is 442 g/mol. The molecule has 1 aliphatic rings. The second-order valence-corrected chi connectivity index (χ2v) is 8.49. The zero-order valence-electron chi connectivity index (χ0n) is 16.2. The summed E-state index contributed by atoms with van der Waals surface area (Å²) < 4.78 is 1.01. The number of rotatable bonds is 4. The van der Waals surface area contributed by atoms with Crippen molar-refractivity contribution in [2.45, 2.75) is 19.8 Å². The first-order valence-corrected chi connectivity index (χ1v) is 10.7. The summed E-state index contributed by atoms with van der Waals surface area (Å²) in [5.74, 6) is -0.513. The first kappa shape index (κ1) is 20.2. The number of hydrogen-bond acceptors (Lipinski definition) is 7. The minimum atomic E-state index is -0.513. The van der Waals surface area contributed by atoms with E-state index in [4.69, 9.17) is 12.2 Å². The Morgan fingerprint density at radius 1 is 1.23 bits per heavy atom. The maximum atomic E-state index is 12.6. The quantitative estimate of drug-likeness (QED) is 0.355. The molecule has 2 heterocycles. The molecule has 30 heavy (non-hydrogen) atoms. The molecule has 3 aromatic rings. The second kappa shape index (κ2) is 8.33. The lowest BCUT2D eigenvalue weighted by Crippen LogP contribution is -2.34. The van der Waals surface area contributed by atoms with E-state index in [1.165, 1.54) is 17.4 Å². The minimum Gasteiger partial charge on any atom is -0.366 e. The number of nitrogens with one attached hydrogen (secondary N) is 2. The summed E-state index contributed by atoms with van der Waals surface area (Å²) in [4.78, 5) is 30.1. The van der Waals surface area contributed by atoms with Crippen molar-refractivity contribution in [1.82, 2.24) is 10.3 Å². The van der Waals surface area contributed by atoms with Crippen molar-refractivity contribution in [3.63, 3.8) is 0 Å². The van der Waals surface area contributed by atoms with Gasteiger partial charge in [-0.1, -0.05) is 17.4 Å². The largest absolute Gasteiger partial charge is 0.366 e. The van der Waals surface area contributed by atoms with Gasteiger partial charge in [0.1, 0.15) is 5.69 Å². The molecule has 1 amide bonds. The van der Waals surface area contributed by atoms with Gasteiger partial charge in [-0.15, -0.1) is 0 Å². The molecule has 0 aliphatic carbocycles. The van der Waals surface area contributed by atoms with Crippen LogP contribution in [0.15, 0.2) is 36.4 Å². The van der Waals surface area contributed by atoms with Crippen LogP contribution in [-0.2, 0) is 0 Å². The fourth-order valence-corrected chi connectivity index (χ4v) is 4.65. The van der Waals surface area contributed by atoms with Gasteiger partial charge in [0.15, 0.2) is 10.2 Å². The van der Waals surface area contributed by atoms with E-state index in [9.17, 15) is 14.9 Å². The number of thiazole rings is 1. The number of hydrogen-bond donors (Lipinski definition) is 2. The van der Waals surface area contributed by atoms with Gasteiger partial charge in [0.25, 0.3) is 11.6 Å². The number of carbonyl (C=O) groups is 1. The SMILES string of the molecule is Cc1ccc2nc(NC(=S)NC(=O)c3ccc(N4CCCC4)c([N+](=O)[O-])c3)sc2c1. The standard InChI is InChI=1S/C20H19N5O3S2/c1-12-4-6-14-17(10-12)30-20(21-14)23-19(29)22-18(26)13-5-7-15(16(11-13)25(27)28)24-8-2-3-9-24/h4-7,10-11H,2-3,8-9H2,1H3,(H2,21,22,23,26,29). The van der Waals surface area contributed by atoms with Gasteiger partial charge in [-0.05, 0) is 61.8 Å². The topological polar surface area (TPSA) is 100 Å². The second-order valence-electron chi connectivity index (χ2n) is 7.05. The van der Waals surface area contributed by atoms with Crippen LogP contribution in [0.5, 0.6) is 0 Å². The highest BCUT2D eigenvalue weighted by molar-refractivity contribution is 7.80. The van der Waals surface area contributed by atoms with Gasteiger partial charge in [0.05, 0.1) is 15.1 Å². The number of aryl methyl sites for hydroxylation is 1. The van der Waals surface area contributed by atoms with E-state index in [0.29, 0.717) is 10.8 Å². The molecule has 1 aromatic heterocycles. The van der Waals surface area contributed by atoms with Crippen LogP contribution in [0.2, 0.25) is 0 Å². The summed E-state index contributed by atoms with van der Waals surface area (Å²) in [7, 11) is 0. The number of amides is 1. The molecule has 154 valence electrons. The molecule has 2 N–H and O–H groups in total. The normalized spacial score (nSPS) is 13.4. The Hall–Kier alpha value is -3.11. The molecule has 0 spiro atoms. The van der Waals surface area contributed by atoms with Gasteiger partial charge < -0.3 is 10.2 Å². The molecule has 2 aromatic carbocycles. The molecule has 1 saturated heterocycles. The predicted octanol–water partition coefficient (Wildman–Crippen LogP) is 4.24. The average Bonchev–Trinajstić information content (AvgIpc) is 3.36. The van der Waals surface area contributed by atoms with Crippen molar-refractivity contribution in [3.8, 4) is 0 Å². The first-order valence-electron chi connectivity index (χ1n) is 9.43. The summed E-state index contributed by atoms with van der Waals surface area (Å²) in [6.07, 6.45) is 2.01. The Balaban J connectivity index is 1.47. The molecular formula is C20H19N5O3S2. The Labute approximate surface area is 182 Å². The summed E-state index contributed by atoms with van der Waals surface area (Å²) in [6, 6.07) is 10.4. The third kappa shape index (κ3) is 4.24. The van der Waals surface area contributed by atoms with Crippen LogP contribution in [0.25, 0.3) is 10.2 Å². The van der Waals surface area contributed by atoms with E-state index < -0.39 is 10.8 Å². The zero-order valence-corrected chi connectivity index (χ0v) is 17.8. The Kier molecular flexibility index (Phi) is 5.60. The van der Waals surface area contributed by atoms with E-state index in [-0.39, 0.29) is 16.4 Å². The van der Waals surface area contributed by atoms with Crippen LogP contribution in [0.1, 0.15) is 28.8 Å². The fraction of sp³-hybridized carbons (Fsp3) is 0.250. The van der Waals surface area contributed by atoms with Crippen molar-refractivity contribution < 1.29 is 9.72 Å². The van der Waals surface area contributed by atoms with Crippen molar-refractivity contribution in [1.29, 1.82) is 0 Å². The van der Waals surface area contributed by atoms with Crippen molar-refractivity contribution >= 4 is 61.3 Å². The maximum absolute atomic E-state index is 12.6. The molecule has 0 bridgehead atoms. The molecule has 1 fully saturated rings. The summed E-state index contributed by atoms with van der Waals surface area (Å²) in [6.45, 7) is 3.56. The third-order valence-electron chi connectivity index (χ3n) is 4.87. The van der Waals surface area contributed by atoms with Crippen LogP contribution < -0.4 is 15.5 Å². The number of nitro groups is 1. The monoisotopic (exact) mass is 441 g/mol. The molecule has 8 nitrogen and oxygen atoms in total. The third-order valence-corrected chi connectivity index (χ3v) is 6.01. The first-order chi connectivity index (χ1) is 14.4. The molecule has 10 heteroatoms.